The minimum atomic E-state index is -4.86. The first-order valence-corrected chi connectivity index (χ1v) is 16.5. The van der Waals surface area contributed by atoms with Gasteiger partial charge >= 0.3 is 12.1 Å². The van der Waals surface area contributed by atoms with Gasteiger partial charge in [0, 0.05) is 33.8 Å². The number of anilines is 1. The first-order valence-electron chi connectivity index (χ1n) is 12.8. The van der Waals surface area contributed by atoms with Crippen molar-refractivity contribution in [2.75, 3.05) is 31.6 Å². The summed E-state index contributed by atoms with van der Waals surface area (Å²) < 4.78 is 53.1. The third-order valence-corrected chi connectivity index (χ3v) is 8.01. The minimum Gasteiger partial charge on any atom is -0.461 e. The molecule has 3 rings (SSSR count). The van der Waals surface area contributed by atoms with Gasteiger partial charge in [0.15, 0.2) is 0 Å². The summed E-state index contributed by atoms with van der Waals surface area (Å²) in [5.74, 6) is -0.570. The maximum Gasteiger partial charge on any atom is 0.423 e. The van der Waals surface area contributed by atoms with Gasteiger partial charge in [-0.15, -0.1) is 0 Å². The molecule has 1 aromatic heterocycles. The Morgan fingerprint density at radius 1 is 1.24 bits per heavy atom. The standard InChI is InChI=1S/C26H37F3N4O4Si/c1-19(15-32-11-10-21(16-32)25(35)37-17-20-8-6-5-7-9-20)31-22-14-30-33(18-36-12-13-38(2,3)4)24(34)23(22)26(27,28)29/h5-9,14,19,21,31H,10-13,15-18H2,1-4H3/t19-,21?/m0/s1. The van der Waals surface area contributed by atoms with Crippen LogP contribution in [0.5, 0.6) is 0 Å². The number of aromatic nitrogens is 2. The number of carbonyl (C=O) groups is 1. The lowest BCUT2D eigenvalue weighted by molar-refractivity contribution is -0.149. The Kier molecular flexibility index (Phi) is 10.1. The largest absolute Gasteiger partial charge is 0.461 e. The molecule has 12 heteroatoms. The van der Waals surface area contributed by atoms with Crippen LogP contribution >= 0.6 is 0 Å². The highest BCUT2D eigenvalue weighted by Crippen LogP contribution is 2.32. The van der Waals surface area contributed by atoms with E-state index in [1.165, 1.54) is 0 Å². The number of ether oxygens (including phenoxy) is 2. The molecule has 0 radical (unpaired) electrons. The molecule has 1 aliphatic rings. The van der Waals surface area contributed by atoms with Crippen molar-refractivity contribution in [3.05, 3.63) is 58.0 Å². The van der Waals surface area contributed by atoms with E-state index in [4.69, 9.17) is 9.47 Å². The van der Waals surface area contributed by atoms with Crippen LogP contribution in [0, 0.1) is 5.92 Å². The van der Waals surface area contributed by atoms with E-state index in [0.717, 1.165) is 17.8 Å². The van der Waals surface area contributed by atoms with Crippen LogP contribution in [0.25, 0.3) is 0 Å². The van der Waals surface area contributed by atoms with Gasteiger partial charge in [-0.25, -0.2) is 4.68 Å². The van der Waals surface area contributed by atoms with Gasteiger partial charge in [-0.1, -0.05) is 50.0 Å². The fourth-order valence-corrected chi connectivity index (χ4v) is 4.99. The van der Waals surface area contributed by atoms with E-state index in [2.05, 4.69) is 30.1 Å². The maximum absolute atomic E-state index is 13.8. The summed E-state index contributed by atoms with van der Waals surface area (Å²) in [7, 11) is -1.37. The van der Waals surface area contributed by atoms with Crippen molar-refractivity contribution in [2.45, 2.75) is 64.6 Å². The number of nitrogens with zero attached hydrogens (tertiary/aromatic N) is 3. The first kappa shape index (κ1) is 29.8. The van der Waals surface area contributed by atoms with Crippen LogP contribution in [-0.4, -0.2) is 61.0 Å². The highest BCUT2D eigenvalue weighted by atomic mass is 28.3. The van der Waals surface area contributed by atoms with E-state index in [1.807, 2.05) is 35.2 Å². The molecule has 1 saturated heterocycles. The van der Waals surface area contributed by atoms with Gasteiger partial charge < -0.3 is 19.7 Å². The monoisotopic (exact) mass is 554 g/mol. The molecule has 1 fully saturated rings. The molecule has 8 nitrogen and oxygen atoms in total. The van der Waals surface area contributed by atoms with E-state index in [9.17, 15) is 22.8 Å². The summed E-state index contributed by atoms with van der Waals surface area (Å²) in [6.45, 7) is 9.90. The van der Waals surface area contributed by atoms with Gasteiger partial charge in [-0.05, 0) is 31.5 Å². The van der Waals surface area contributed by atoms with E-state index in [0.29, 0.717) is 37.3 Å². The summed E-state index contributed by atoms with van der Waals surface area (Å²) in [6.07, 6.45) is -3.22. The second kappa shape index (κ2) is 12.9. The number of carbonyl (C=O) groups excluding carboxylic acids is 1. The number of halogens is 3. The summed E-state index contributed by atoms with van der Waals surface area (Å²) >= 11 is 0. The predicted molar refractivity (Wildman–Crippen MR) is 141 cm³/mol. The van der Waals surface area contributed by atoms with Crippen LogP contribution in [0.1, 0.15) is 24.5 Å². The van der Waals surface area contributed by atoms with Gasteiger partial charge in [0.1, 0.15) is 18.9 Å². The van der Waals surface area contributed by atoms with Crippen LogP contribution in [0.3, 0.4) is 0 Å². The lowest BCUT2D eigenvalue weighted by Gasteiger charge is -2.24. The second-order valence-corrected chi connectivity index (χ2v) is 16.6. The van der Waals surface area contributed by atoms with Crippen molar-refractivity contribution in [3.8, 4) is 0 Å². The molecule has 1 N–H and O–H groups in total. The van der Waals surface area contributed by atoms with Crippen molar-refractivity contribution < 1.29 is 27.4 Å². The Hall–Kier alpha value is -2.70. The minimum absolute atomic E-state index is 0.205. The molecular weight excluding hydrogens is 517 g/mol. The molecule has 210 valence electrons. The Balaban J connectivity index is 1.56. The van der Waals surface area contributed by atoms with Crippen LogP contribution in [-0.2, 0) is 33.8 Å². The molecule has 0 amide bonds. The van der Waals surface area contributed by atoms with E-state index < -0.39 is 31.4 Å². The summed E-state index contributed by atoms with van der Waals surface area (Å²) in [5.41, 5.74) is -2.00. The van der Waals surface area contributed by atoms with Gasteiger partial charge in [0.2, 0.25) is 0 Å². The van der Waals surface area contributed by atoms with Crippen molar-refractivity contribution in [2.24, 2.45) is 5.92 Å². The number of rotatable bonds is 12. The summed E-state index contributed by atoms with van der Waals surface area (Å²) in [4.78, 5) is 27.1. The molecule has 2 heterocycles. The number of hydrogen-bond donors (Lipinski definition) is 1. The average Bonchev–Trinajstić information content (AvgIpc) is 3.29. The fourth-order valence-electron chi connectivity index (χ4n) is 4.23. The lowest BCUT2D eigenvalue weighted by Crippen LogP contribution is -2.37. The molecule has 1 aromatic carbocycles. The number of esters is 1. The van der Waals surface area contributed by atoms with Gasteiger partial charge in [-0.2, -0.15) is 18.3 Å². The quantitative estimate of drug-likeness (QED) is 0.236. The van der Waals surface area contributed by atoms with Crippen LogP contribution < -0.4 is 10.9 Å². The van der Waals surface area contributed by atoms with E-state index in [1.54, 1.807) is 6.92 Å². The number of hydrogen-bond acceptors (Lipinski definition) is 7. The average molecular weight is 555 g/mol. The van der Waals surface area contributed by atoms with Crippen molar-refractivity contribution in [1.82, 2.24) is 14.7 Å². The molecule has 1 unspecified atom stereocenters. The zero-order chi connectivity index (χ0) is 27.9. The van der Waals surface area contributed by atoms with Crippen molar-refractivity contribution >= 4 is 19.7 Å². The van der Waals surface area contributed by atoms with Gasteiger partial charge in [0.25, 0.3) is 5.56 Å². The normalized spacial score (nSPS) is 17.4. The van der Waals surface area contributed by atoms with Crippen LogP contribution in [0.15, 0.2) is 41.3 Å². The maximum atomic E-state index is 13.8. The number of benzene rings is 1. The molecule has 0 spiro atoms. The Bertz CT molecular complexity index is 1120. The van der Waals surface area contributed by atoms with Crippen molar-refractivity contribution in [1.29, 1.82) is 0 Å². The first-order chi connectivity index (χ1) is 17.8. The predicted octanol–water partition coefficient (Wildman–Crippen LogP) is 4.44. The number of nitrogens with one attached hydrogen (secondary N) is 1. The lowest BCUT2D eigenvalue weighted by atomic mass is 10.1. The number of likely N-dealkylation sites (tertiary alicyclic amines) is 1. The van der Waals surface area contributed by atoms with Crippen LogP contribution in [0.2, 0.25) is 25.7 Å². The topological polar surface area (TPSA) is 85.7 Å². The highest BCUT2D eigenvalue weighted by Gasteiger charge is 2.39. The van der Waals surface area contributed by atoms with Gasteiger partial charge in [-0.3, -0.25) is 9.59 Å². The Morgan fingerprint density at radius 2 is 1.95 bits per heavy atom. The summed E-state index contributed by atoms with van der Waals surface area (Å²) in [5, 5.41) is 6.71. The molecule has 0 saturated carbocycles. The molecule has 2 atom stereocenters. The molecule has 0 bridgehead atoms. The fraction of sp³-hybridized carbons (Fsp3) is 0.577. The molecule has 1 aliphatic heterocycles. The van der Waals surface area contributed by atoms with Gasteiger partial charge in [0.05, 0.1) is 17.8 Å². The highest BCUT2D eigenvalue weighted by molar-refractivity contribution is 6.76. The Morgan fingerprint density at radius 3 is 2.61 bits per heavy atom. The third kappa shape index (κ3) is 8.95. The third-order valence-electron chi connectivity index (χ3n) is 6.30. The zero-order valence-corrected chi connectivity index (χ0v) is 23.4. The van der Waals surface area contributed by atoms with Crippen LogP contribution in [0.4, 0.5) is 18.9 Å². The summed E-state index contributed by atoms with van der Waals surface area (Å²) in [6, 6.07) is 9.79. The van der Waals surface area contributed by atoms with Crippen molar-refractivity contribution in [3.63, 3.8) is 0 Å². The zero-order valence-electron chi connectivity index (χ0n) is 22.4. The van der Waals surface area contributed by atoms with E-state index >= 15 is 0 Å². The number of alkyl halides is 3. The molecule has 2 aromatic rings. The second-order valence-electron chi connectivity index (χ2n) is 11.0. The molecule has 38 heavy (non-hydrogen) atoms. The van der Waals surface area contributed by atoms with E-state index in [-0.39, 0.29) is 30.9 Å². The SMILES string of the molecule is C[C@@H](CN1CCC(C(=O)OCc2ccccc2)C1)Nc1cnn(COCC[Si](C)(C)C)c(=O)c1C(F)(F)F. The smallest absolute Gasteiger partial charge is 0.423 e. The molecular formula is C26H37F3N4O4Si. The Labute approximate surface area is 222 Å². The molecule has 0 aliphatic carbocycles.